The molecule has 0 aliphatic rings. The van der Waals surface area contributed by atoms with Crippen LogP contribution in [0.1, 0.15) is 10.4 Å². The molecule has 0 aliphatic heterocycles. The number of nitro benzene ring substituents is 1. The zero-order valence-corrected chi connectivity index (χ0v) is 13.0. The molecule has 0 amide bonds. The van der Waals surface area contributed by atoms with Crippen molar-refractivity contribution in [2.75, 3.05) is 0 Å². The molecule has 0 saturated carbocycles. The third kappa shape index (κ3) is 3.55. The lowest BCUT2D eigenvalue weighted by molar-refractivity contribution is -0.686. The van der Waals surface area contributed by atoms with Crippen LogP contribution in [0.2, 0.25) is 0 Å². The number of halogens is 1. The van der Waals surface area contributed by atoms with E-state index in [9.17, 15) is 19.3 Å². The normalized spacial score (nSPS) is 10.4. The van der Waals surface area contributed by atoms with Crippen LogP contribution in [0.15, 0.2) is 67.1 Å². The lowest BCUT2D eigenvalue weighted by Crippen LogP contribution is -2.38. The van der Waals surface area contributed by atoms with Gasteiger partial charge in [0.1, 0.15) is 5.82 Å². The van der Waals surface area contributed by atoms with Crippen molar-refractivity contribution in [3.8, 4) is 11.3 Å². The van der Waals surface area contributed by atoms with E-state index in [1.165, 1.54) is 35.2 Å². The number of benzene rings is 2. The minimum absolute atomic E-state index is 0.0400. The summed E-state index contributed by atoms with van der Waals surface area (Å²) < 4.78 is 15.3. The van der Waals surface area contributed by atoms with E-state index < -0.39 is 10.7 Å². The van der Waals surface area contributed by atoms with Crippen LogP contribution in [-0.4, -0.2) is 15.7 Å². The van der Waals surface area contributed by atoms with E-state index in [4.69, 9.17) is 0 Å². The van der Waals surface area contributed by atoms with E-state index in [0.29, 0.717) is 11.3 Å². The highest BCUT2D eigenvalue weighted by atomic mass is 19.1. The lowest BCUT2D eigenvalue weighted by Gasteiger charge is -2.02. The molecule has 7 heteroatoms. The van der Waals surface area contributed by atoms with Gasteiger partial charge in [0.25, 0.3) is 12.0 Å². The monoisotopic (exact) mass is 338 g/mol. The largest absolute Gasteiger partial charge is 0.289 e. The number of hydrogen-bond acceptors (Lipinski definition) is 4. The fraction of sp³-hybridized carbons (Fsp3) is 0.0556. The summed E-state index contributed by atoms with van der Waals surface area (Å²) in [6.07, 6.45) is 2.98. The van der Waals surface area contributed by atoms with Crippen molar-refractivity contribution in [3.63, 3.8) is 0 Å². The molecule has 2 aromatic carbocycles. The number of carbonyl (C=O) groups is 1. The molecule has 0 atom stereocenters. The Morgan fingerprint density at radius 1 is 1.12 bits per heavy atom. The minimum Gasteiger partial charge on any atom is -0.289 e. The third-order valence-corrected chi connectivity index (χ3v) is 3.65. The lowest BCUT2D eigenvalue weighted by atomic mass is 10.1. The van der Waals surface area contributed by atoms with E-state index >= 15 is 0 Å². The highest BCUT2D eigenvalue weighted by molar-refractivity contribution is 5.98. The van der Waals surface area contributed by atoms with E-state index in [1.807, 2.05) is 0 Å². The Hall–Kier alpha value is -3.48. The number of nitrogens with zero attached hydrogens (tertiary/aromatic N) is 3. The van der Waals surface area contributed by atoms with E-state index in [0.717, 1.165) is 0 Å². The molecular formula is C18H13FN3O3+. The summed E-state index contributed by atoms with van der Waals surface area (Å²) in [6, 6.07) is 13.6. The van der Waals surface area contributed by atoms with Crippen LogP contribution in [0.25, 0.3) is 11.3 Å². The molecule has 3 aromatic rings. The van der Waals surface area contributed by atoms with Crippen molar-refractivity contribution < 1.29 is 18.7 Å². The zero-order chi connectivity index (χ0) is 17.8. The summed E-state index contributed by atoms with van der Waals surface area (Å²) in [5.74, 6) is -0.790. The summed E-state index contributed by atoms with van der Waals surface area (Å²) in [5, 5.41) is 11.0. The zero-order valence-electron chi connectivity index (χ0n) is 13.0. The van der Waals surface area contributed by atoms with Crippen LogP contribution in [0.5, 0.6) is 0 Å². The van der Waals surface area contributed by atoms with Gasteiger partial charge < -0.3 is 0 Å². The first-order valence-electron chi connectivity index (χ1n) is 7.43. The fourth-order valence-corrected chi connectivity index (χ4v) is 2.43. The maximum absolute atomic E-state index is 13.8. The first kappa shape index (κ1) is 16.4. The number of carbonyl (C=O) groups excluding carboxylic acids is 1. The van der Waals surface area contributed by atoms with Gasteiger partial charge in [-0.05, 0) is 23.2 Å². The van der Waals surface area contributed by atoms with Gasteiger partial charge in [0.05, 0.1) is 22.2 Å². The molecule has 0 bridgehead atoms. The van der Waals surface area contributed by atoms with Crippen LogP contribution < -0.4 is 4.57 Å². The average Bonchev–Trinajstić information content (AvgIpc) is 2.63. The number of nitro groups is 1. The minimum atomic E-state index is -0.586. The van der Waals surface area contributed by atoms with Crippen molar-refractivity contribution in [1.82, 2.24) is 4.98 Å². The van der Waals surface area contributed by atoms with E-state index in [-0.39, 0.29) is 23.6 Å². The van der Waals surface area contributed by atoms with Crippen molar-refractivity contribution in [2.45, 2.75) is 6.54 Å². The van der Waals surface area contributed by atoms with Crippen LogP contribution in [-0.2, 0) is 6.54 Å². The Morgan fingerprint density at radius 2 is 1.84 bits per heavy atom. The van der Waals surface area contributed by atoms with Gasteiger partial charge in [-0.3, -0.25) is 14.9 Å². The van der Waals surface area contributed by atoms with Crippen LogP contribution >= 0.6 is 0 Å². The summed E-state index contributed by atoms with van der Waals surface area (Å²) in [5.41, 5.74) is 0.606. The Labute approximate surface area is 142 Å². The Balaban J connectivity index is 1.82. The number of rotatable bonds is 5. The molecule has 0 N–H and O–H groups in total. The predicted molar refractivity (Wildman–Crippen MR) is 87.3 cm³/mol. The molecule has 3 rings (SSSR count). The molecule has 0 unspecified atom stereocenters. The molecule has 0 aliphatic carbocycles. The molecule has 124 valence electrons. The Bertz CT molecular complexity index is 942. The van der Waals surface area contributed by atoms with E-state index in [2.05, 4.69) is 4.98 Å². The van der Waals surface area contributed by atoms with Crippen LogP contribution in [0.4, 0.5) is 10.1 Å². The van der Waals surface area contributed by atoms with Gasteiger partial charge in [0.2, 0.25) is 5.78 Å². The second kappa shape index (κ2) is 6.96. The number of Topliss-reactive ketones (excluding diaryl/α,β-unsaturated/α-hetero) is 1. The second-order valence-electron chi connectivity index (χ2n) is 5.30. The van der Waals surface area contributed by atoms with Crippen LogP contribution in [0.3, 0.4) is 0 Å². The van der Waals surface area contributed by atoms with Crippen molar-refractivity contribution in [3.05, 3.63) is 88.6 Å². The first-order valence-corrected chi connectivity index (χ1v) is 7.43. The molecule has 0 fully saturated rings. The van der Waals surface area contributed by atoms with Crippen LogP contribution in [0, 0.1) is 15.9 Å². The van der Waals surface area contributed by atoms with Gasteiger partial charge in [-0.2, -0.15) is 0 Å². The molecule has 6 nitrogen and oxygen atoms in total. The van der Waals surface area contributed by atoms with Crippen molar-refractivity contribution in [2.24, 2.45) is 0 Å². The molecule has 25 heavy (non-hydrogen) atoms. The van der Waals surface area contributed by atoms with Gasteiger partial charge in [0.15, 0.2) is 12.2 Å². The molecule has 0 spiro atoms. The second-order valence-corrected chi connectivity index (χ2v) is 5.30. The Kier molecular flexibility index (Phi) is 4.56. The number of aromatic nitrogens is 2. The first-order chi connectivity index (χ1) is 12.1. The molecule has 1 aromatic heterocycles. The predicted octanol–water partition coefficient (Wildman–Crippen LogP) is 2.97. The summed E-state index contributed by atoms with van der Waals surface area (Å²) >= 11 is 0. The smallest absolute Gasteiger partial charge is 0.287 e. The van der Waals surface area contributed by atoms with E-state index in [1.54, 1.807) is 36.5 Å². The number of para-hydroxylation sites is 1. The van der Waals surface area contributed by atoms with Gasteiger partial charge in [-0.15, -0.1) is 0 Å². The van der Waals surface area contributed by atoms with Gasteiger partial charge in [-0.25, -0.2) is 8.96 Å². The topological polar surface area (TPSA) is 77.0 Å². The number of ketones is 1. The number of hydrogen-bond donors (Lipinski definition) is 0. The van der Waals surface area contributed by atoms with Gasteiger partial charge in [-0.1, -0.05) is 24.3 Å². The van der Waals surface area contributed by atoms with Gasteiger partial charge >= 0.3 is 0 Å². The maximum Gasteiger partial charge on any atom is 0.287 e. The highest BCUT2D eigenvalue weighted by Gasteiger charge is 2.21. The third-order valence-electron chi connectivity index (χ3n) is 3.65. The summed E-state index contributed by atoms with van der Waals surface area (Å²) in [4.78, 5) is 26.9. The summed E-state index contributed by atoms with van der Waals surface area (Å²) in [7, 11) is 0. The summed E-state index contributed by atoms with van der Waals surface area (Å²) in [6.45, 7) is -0.102. The molecule has 0 radical (unpaired) electrons. The molecule has 1 heterocycles. The maximum atomic E-state index is 13.8. The average molecular weight is 338 g/mol. The van der Waals surface area contributed by atoms with Crippen molar-refractivity contribution in [1.29, 1.82) is 0 Å². The standard InChI is InChI=1S/C18H13FN3O3/c19-15-7-3-1-5-13(15)16-9-10-21(12-20-16)11-18(23)14-6-2-4-8-17(14)22(24)25/h1-10,12H,11H2/q+1. The van der Waals surface area contributed by atoms with Crippen molar-refractivity contribution >= 4 is 11.5 Å². The molecule has 0 saturated heterocycles. The Morgan fingerprint density at radius 3 is 2.52 bits per heavy atom. The quantitative estimate of drug-likeness (QED) is 0.310. The molecular weight excluding hydrogens is 325 g/mol. The SMILES string of the molecule is O=C(C[n+]1ccc(-c2ccccc2F)nc1)c1ccccc1[N+](=O)[O-]. The van der Waals surface area contributed by atoms with Gasteiger partial charge in [0, 0.05) is 12.1 Å². The highest BCUT2D eigenvalue weighted by Crippen LogP contribution is 2.19. The fourth-order valence-electron chi connectivity index (χ4n) is 2.43.